The van der Waals surface area contributed by atoms with E-state index in [2.05, 4.69) is 5.32 Å². The Hall–Kier alpha value is -3.48. The predicted molar refractivity (Wildman–Crippen MR) is 139 cm³/mol. The van der Waals surface area contributed by atoms with Gasteiger partial charge in [0.15, 0.2) is 0 Å². The van der Waals surface area contributed by atoms with E-state index in [0.717, 1.165) is 6.07 Å². The van der Waals surface area contributed by atoms with E-state index in [1.54, 1.807) is 13.8 Å². The van der Waals surface area contributed by atoms with E-state index in [-0.39, 0.29) is 21.2 Å². The zero-order valence-corrected chi connectivity index (χ0v) is 22.2. The fourth-order valence-electron chi connectivity index (χ4n) is 3.58. The maximum Gasteiger partial charge on any atom is 0.264 e. The molecule has 0 atom stereocenters. The van der Waals surface area contributed by atoms with E-state index in [9.17, 15) is 26.0 Å². The van der Waals surface area contributed by atoms with Gasteiger partial charge in [-0.25, -0.2) is 21.2 Å². The molecule has 37 heavy (non-hydrogen) atoms. The van der Waals surface area contributed by atoms with Crippen molar-refractivity contribution < 1.29 is 30.8 Å². The van der Waals surface area contributed by atoms with Gasteiger partial charge in [-0.1, -0.05) is 26.0 Å². The van der Waals surface area contributed by atoms with Crippen molar-refractivity contribution in [1.82, 2.24) is 4.31 Å². The minimum atomic E-state index is -4.34. The fraction of sp³-hybridized carbons (Fsp3) is 0.240. The molecule has 9 nitrogen and oxygen atoms in total. The zero-order valence-electron chi connectivity index (χ0n) is 20.6. The third kappa shape index (κ3) is 6.27. The first-order valence-corrected chi connectivity index (χ1v) is 14.2. The van der Waals surface area contributed by atoms with Crippen molar-refractivity contribution in [2.24, 2.45) is 0 Å². The molecule has 12 heteroatoms. The number of hydrogen-bond donors (Lipinski definition) is 1. The van der Waals surface area contributed by atoms with Gasteiger partial charge in [0.2, 0.25) is 15.9 Å². The van der Waals surface area contributed by atoms with E-state index in [4.69, 9.17) is 4.74 Å². The van der Waals surface area contributed by atoms with E-state index >= 15 is 0 Å². The van der Waals surface area contributed by atoms with Crippen LogP contribution in [0, 0.1) is 5.82 Å². The first-order valence-electron chi connectivity index (χ1n) is 11.4. The molecular formula is C25H28FN3O6S2. The Bertz CT molecular complexity index is 1440. The number of rotatable bonds is 11. The van der Waals surface area contributed by atoms with Gasteiger partial charge < -0.3 is 10.1 Å². The van der Waals surface area contributed by atoms with Crippen LogP contribution in [-0.4, -0.2) is 53.8 Å². The molecular weight excluding hydrogens is 521 g/mol. The Morgan fingerprint density at radius 2 is 1.38 bits per heavy atom. The standard InChI is InChI=1S/C25H28FN3O6S2/c1-4-28(5-2)36(31,32)21-14-10-19(11-15-21)27-25(30)18-29(24-9-7-6-8-23(24)26)37(33,34)22-16-12-20(35-3)13-17-22/h6-17H,4-5,18H2,1-3H3,(H,27,30). The average molecular weight is 550 g/mol. The molecule has 0 saturated heterocycles. The van der Waals surface area contributed by atoms with Crippen LogP contribution >= 0.6 is 0 Å². The van der Waals surface area contributed by atoms with Crippen LogP contribution in [0.15, 0.2) is 82.6 Å². The number of nitrogens with one attached hydrogen (secondary N) is 1. The summed E-state index contributed by atoms with van der Waals surface area (Å²) in [6, 6.07) is 16.2. The lowest BCUT2D eigenvalue weighted by Gasteiger charge is -2.24. The summed E-state index contributed by atoms with van der Waals surface area (Å²) in [6.07, 6.45) is 0. The summed E-state index contributed by atoms with van der Waals surface area (Å²) in [4.78, 5) is 12.8. The molecule has 3 aromatic carbocycles. The van der Waals surface area contributed by atoms with Gasteiger partial charge >= 0.3 is 0 Å². The zero-order chi connectivity index (χ0) is 27.2. The summed E-state index contributed by atoms with van der Waals surface area (Å²) in [5, 5.41) is 2.54. The maximum atomic E-state index is 14.6. The summed E-state index contributed by atoms with van der Waals surface area (Å²) in [6.45, 7) is 3.36. The lowest BCUT2D eigenvalue weighted by Crippen LogP contribution is -2.38. The van der Waals surface area contributed by atoms with Crippen molar-refractivity contribution in [1.29, 1.82) is 0 Å². The van der Waals surface area contributed by atoms with Gasteiger partial charge in [0.05, 0.1) is 22.6 Å². The van der Waals surface area contributed by atoms with Crippen LogP contribution in [0.25, 0.3) is 0 Å². The Balaban J connectivity index is 1.87. The molecule has 0 aliphatic heterocycles. The molecule has 1 N–H and O–H groups in total. The number of sulfonamides is 2. The number of carbonyl (C=O) groups is 1. The third-order valence-corrected chi connectivity index (χ3v) is 9.38. The summed E-state index contributed by atoms with van der Waals surface area (Å²) >= 11 is 0. The second-order valence-corrected chi connectivity index (χ2v) is 11.6. The van der Waals surface area contributed by atoms with Crippen LogP contribution in [0.5, 0.6) is 5.75 Å². The van der Waals surface area contributed by atoms with Crippen LogP contribution in [0.4, 0.5) is 15.8 Å². The molecule has 0 spiro atoms. The lowest BCUT2D eigenvalue weighted by molar-refractivity contribution is -0.114. The number of benzene rings is 3. The number of carbonyl (C=O) groups excluding carboxylic acids is 1. The number of para-hydroxylation sites is 1. The molecule has 0 radical (unpaired) electrons. The highest BCUT2D eigenvalue weighted by atomic mass is 32.2. The summed E-state index contributed by atoms with van der Waals surface area (Å²) in [5.41, 5.74) is -0.0482. The molecule has 0 heterocycles. The van der Waals surface area contributed by atoms with Crippen LogP contribution < -0.4 is 14.4 Å². The Labute approximate surface area is 216 Å². The van der Waals surface area contributed by atoms with Crippen molar-refractivity contribution >= 4 is 37.3 Å². The normalized spacial score (nSPS) is 11.8. The van der Waals surface area contributed by atoms with Crippen LogP contribution in [0.1, 0.15) is 13.8 Å². The fourth-order valence-corrected chi connectivity index (χ4v) is 6.47. The monoisotopic (exact) mass is 549 g/mol. The number of anilines is 2. The minimum Gasteiger partial charge on any atom is -0.497 e. The first kappa shape index (κ1) is 28.1. The first-order chi connectivity index (χ1) is 17.5. The highest BCUT2D eigenvalue weighted by molar-refractivity contribution is 7.92. The molecule has 0 saturated carbocycles. The summed E-state index contributed by atoms with van der Waals surface area (Å²) in [7, 11) is -6.58. The second-order valence-electron chi connectivity index (χ2n) is 7.80. The number of hydrogen-bond acceptors (Lipinski definition) is 6. The molecule has 0 bridgehead atoms. The van der Waals surface area contributed by atoms with E-state index in [1.165, 1.54) is 78.1 Å². The summed E-state index contributed by atoms with van der Waals surface area (Å²) in [5.74, 6) is -1.14. The van der Waals surface area contributed by atoms with E-state index in [0.29, 0.717) is 23.1 Å². The molecule has 198 valence electrons. The van der Waals surface area contributed by atoms with Crippen molar-refractivity contribution in [3.05, 3.63) is 78.6 Å². The molecule has 0 aromatic heterocycles. The number of amides is 1. The molecule has 0 unspecified atom stereocenters. The molecule has 3 rings (SSSR count). The van der Waals surface area contributed by atoms with Crippen molar-refractivity contribution in [3.8, 4) is 5.75 Å². The Morgan fingerprint density at radius 1 is 0.838 bits per heavy atom. The largest absolute Gasteiger partial charge is 0.497 e. The van der Waals surface area contributed by atoms with Crippen LogP contribution in [0.3, 0.4) is 0 Å². The van der Waals surface area contributed by atoms with Gasteiger partial charge in [-0.2, -0.15) is 4.31 Å². The van der Waals surface area contributed by atoms with Crippen LogP contribution in [0.2, 0.25) is 0 Å². The van der Waals surface area contributed by atoms with Gasteiger partial charge in [-0.05, 0) is 60.7 Å². The van der Waals surface area contributed by atoms with Gasteiger partial charge in [0.1, 0.15) is 18.1 Å². The average Bonchev–Trinajstić information content (AvgIpc) is 2.88. The third-order valence-electron chi connectivity index (χ3n) is 5.54. The smallest absolute Gasteiger partial charge is 0.264 e. The van der Waals surface area contributed by atoms with Gasteiger partial charge in [-0.3, -0.25) is 9.10 Å². The van der Waals surface area contributed by atoms with Crippen molar-refractivity contribution in [2.45, 2.75) is 23.6 Å². The minimum absolute atomic E-state index is 0.0595. The Morgan fingerprint density at radius 3 is 1.92 bits per heavy atom. The molecule has 1 amide bonds. The molecule has 0 aliphatic rings. The predicted octanol–water partition coefficient (Wildman–Crippen LogP) is 3.70. The lowest BCUT2D eigenvalue weighted by atomic mass is 10.3. The summed E-state index contributed by atoms with van der Waals surface area (Å²) < 4.78 is 73.9. The number of methoxy groups -OCH3 is 1. The Kier molecular flexibility index (Phi) is 8.89. The maximum absolute atomic E-state index is 14.6. The quantitative estimate of drug-likeness (QED) is 0.390. The van der Waals surface area contributed by atoms with Crippen LogP contribution in [-0.2, 0) is 24.8 Å². The number of halogens is 1. The van der Waals surface area contributed by atoms with E-state index < -0.39 is 38.3 Å². The highest BCUT2D eigenvalue weighted by Gasteiger charge is 2.29. The molecule has 0 aliphatic carbocycles. The second kappa shape index (κ2) is 11.7. The van der Waals surface area contributed by atoms with Gasteiger partial charge in [0, 0.05) is 18.8 Å². The highest BCUT2D eigenvalue weighted by Crippen LogP contribution is 2.27. The SMILES string of the molecule is CCN(CC)S(=O)(=O)c1ccc(NC(=O)CN(c2ccccc2F)S(=O)(=O)c2ccc(OC)cc2)cc1. The number of nitrogens with zero attached hydrogens (tertiary/aromatic N) is 2. The number of ether oxygens (including phenoxy) is 1. The topological polar surface area (TPSA) is 113 Å². The molecule has 3 aromatic rings. The van der Waals surface area contributed by atoms with Crippen molar-refractivity contribution in [3.63, 3.8) is 0 Å². The van der Waals surface area contributed by atoms with E-state index in [1.807, 2.05) is 0 Å². The van der Waals surface area contributed by atoms with Crippen molar-refractivity contribution in [2.75, 3.05) is 36.4 Å². The molecule has 0 fully saturated rings. The van der Waals surface area contributed by atoms with Gasteiger partial charge in [0.25, 0.3) is 10.0 Å². The van der Waals surface area contributed by atoms with Gasteiger partial charge in [-0.15, -0.1) is 0 Å².